The van der Waals surface area contributed by atoms with Crippen molar-refractivity contribution < 1.29 is 24.6 Å². The Morgan fingerprint density at radius 3 is 2.37 bits per heavy atom. The molecule has 2 aromatic carbocycles. The molecule has 2 rings (SSSR count). The van der Waals surface area contributed by atoms with Crippen molar-refractivity contribution in [2.45, 2.75) is 6.92 Å². The van der Waals surface area contributed by atoms with Gasteiger partial charge in [0.25, 0.3) is 0 Å². The molecule has 0 fully saturated rings. The van der Waals surface area contributed by atoms with Crippen molar-refractivity contribution in [2.24, 2.45) is 0 Å². The zero-order chi connectivity index (χ0) is 13.8. The summed E-state index contributed by atoms with van der Waals surface area (Å²) in [6.07, 6.45) is 0. The van der Waals surface area contributed by atoms with E-state index in [1.165, 1.54) is 0 Å². The molecule has 0 heterocycles. The Labute approximate surface area is 120 Å². The van der Waals surface area contributed by atoms with Crippen LogP contribution >= 0.6 is 0 Å². The number of carbonyl (C=O) groups excluding carboxylic acids is 1. The van der Waals surface area contributed by atoms with E-state index in [1.807, 2.05) is 42.5 Å². The van der Waals surface area contributed by atoms with E-state index in [2.05, 4.69) is 0 Å². The Kier molecular flexibility index (Phi) is 4.29. The van der Waals surface area contributed by atoms with Gasteiger partial charge in [-0.15, -0.1) is 0 Å². The third-order valence-electron chi connectivity index (χ3n) is 2.96. The van der Waals surface area contributed by atoms with Crippen molar-refractivity contribution >= 4 is 10.8 Å². The van der Waals surface area contributed by atoms with Crippen LogP contribution in [0.4, 0.5) is 0 Å². The van der Waals surface area contributed by atoms with Crippen LogP contribution in [0.3, 0.4) is 0 Å². The summed E-state index contributed by atoms with van der Waals surface area (Å²) in [4.78, 5) is 12.9. The van der Waals surface area contributed by atoms with Crippen molar-refractivity contribution in [2.75, 3.05) is 7.11 Å². The fraction of sp³-hybridized carbons (Fsp3) is 0.125. The Bertz CT molecular complexity index is 615. The van der Waals surface area contributed by atoms with Crippen LogP contribution in [0.25, 0.3) is 11.1 Å². The minimum atomic E-state index is 0.0681. The average Bonchev–Trinajstić information content (AvgIpc) is 2.46. The van der Waals surface area contributed by atoms with E-state index in [4.69, 9.17) is 19.8 Å². The third kappa shape index (κ3) is 2.99. The molecule has 0 aliphatic carbocycles. The van der Waals surface area contributed by atoms with Gasteiger partial charge in [-0.25, -0.2) is 0 Å². The quantitative estimate of drug-likeness (QED) is 0.639. The molecule has 0 bridgehead atoms. The molecule has 0 amide bonds. The second-order valence-corrected chi connectivity index (χ2v) is 4.46. The number of Topliss-reactive ketones (excluding diaryl/α,β-unsaturated/α-hetero) is 1. The molecule has 0 unspecified atom stereocenters. The fourth-order valence-electron chi connectivity index (χ4n) is 1.89. The molecule has 0 spiro atoms. The zero-order valence-corrected chi connectivity index (χ0v) is 11.7. The molecule has 100 valence electrons. The van der Waals surface area contributed by atoms with Gasteiger partial charge in [-0.1, -0.05) is 0 Å². The van der Waals surface area contributed by atoms with Crippen LogP contribution in [0.1, 0.15) is 22.8 Å². The molecule has 2 nitrogen and oxygen atoms in total. The van der Waals surface area contributed by atoms with E-state index in [0.717, 1.165) is 22.4 Å². The first kappa shape index (κ1) is 13.7. The predicted octanol–water partition coefficient (Wildman–Crippen LogP) is 3.26. The molecular formula is C16H14NiO2. The second-order valence-electron chi connectivity index (χ2n) is 4.18. The van der Waals surface area contributed by atoms with Crippen LogP contribution in [0.2, 0.25) is 0 Å². The molecule has 19 heavy (non-hydrogen) atoms. The molecule has 0 aromatic heterocycles. The van der Waals surface area contributed by atoms with Gasteiger partial charge in [-0.05, 0) is 0 Å². The van der Waals surface area contributed by atoms with E-state index >= 15 is 0 Å². The molecule has 2 aromatic rings. The van der Waals surface area contributed by atoms with E-state index in [1.54, 1.807) is 19.0 Å². The molecule has 0 aliphatic heterocycles. The second kappa shape index (κ2) is 5.94. The normalized spacial score (nSPS) is 10.1. The van der Waals surface area contributed by atoms with Crippen LogP contribution in [-0.4, -0.2) is 17.9 Å². The van der Waals surface area contributed by atoms with Crippen molar-refractivity contribution in [1.29, 1.82) is 0 Å². The van der Waals surface area contributed by atoms with Gasteiger partial charge in [-0.2, -0.15) is 0 Å². The number of carbonyl (C=O) groups is 1. The van der Waals surface area contributed by atoms with Gasteiger partial charge in [0.2, 0.25) is 0 Å². The Morgan fingerprint density at radius 1 is 1.16 bits per heavy atom. The standard InChI is InChI=1S/C16H14O2.Ni/c1-11-10-15(18-3)8-9-16(11)14-6-4-13(5-7-14)12(2)17;/h1,4-10H,2-3H3;. The van der Waals surface area contributed by atoms with Crippen molar-refractivity contribution in [3.05, 3.63) is 53.6 Å². The van der Waals surface area contributed by atoms with Crippen LogP contribution in [-0.2, 0) is 15.0 Å². The average molecular weight is 297 g/mol. The van der Waals surface area contributed by atoms with Gasteiger partial charge >= 0.3 is 120 Å². The third-order valence-corrected chi connectivity index (χ3v) is 3.27. The monoisotopic (exact) mass is 296 g/mol. The Morgan fingerprint density at radius 2 is 1.84 bits per heavy atom. The first-order valence-corrected chi connectivity index (χ1v) is 6.42. The SMILES string of the molecule is COc1ccc(-c2ccc(C(C)=O)cc2)c([CH]=[Ni])c1. The van der Waals surface area contributed by atoms with Gasteiger partial charge in [0, 0.05) is 0 Å². The van der Waals surface area contributed by atoms with Crippen molar-refractivity contribution in [3.63, 3.8) is 0 Å². The number of rotatable bonds is 4. The minimum absolute atomic E-state index is 0.0681. The number of hydrogen-bond acceptors (Lipinski definition) is 2. The van der Waals surface area contributed by atoms with Crippen LogP contribution in [0.5, 0.6) is 5.75 Å². The summed E-state index contributed by atoms with van der Waals surface area (Å²) in [5.74, 6) is 0.853. The van der Waals surface area contributed by atoms with E-state index in [9.17, 15) is 4.79 Å². The van der Waals surface area contributed by atoms with Gasteiger partial charge in [0.1, 0.15) is 0 Å². The maximum atomic E-state index is 11.3. The molecule has 0 aliphatic rings. The van der Waals surface area contributed by atoms with E-state index in [0.29, 0.717) is 5.56 Å². The van der Waals surface area contributed by atoms with E-state index < -0.39 is 0 Å². The molecule has 0 atom stereocenters. The topological polar surface area (TPSA) is 26.3 Å². The van der Waals surface area contributed by atoms with Gasteiger partial charge in [0.15, 0.2) is 0 Å². The summed E-state index contributed by atoms with van der Waals surface area (Å²) in [5, 5.41) is 0. The summed E-state index contributed by atoms with van der Waals surface area (Å²) in [5.41, 5.74) is 3.75. The first-order chi connectivity index (χ1) is 9.15. The summed E-state index contributed by atoms with van der Waals surface area (Å²) in [7, 11) is 1.63. The number of ether oxygens (including phenoxy) is 1. The predicted molar refractivity (Wildman–Crippen MR) is 73.6 cm³/mol. The zero-order valence-electron chi connectivity index (χ0n) is 10.8. The number of methoxy groups -OCH3 is 1. The Balaban J connectivity index is 2.46. The van der Waals surface area contributed by atoms with Gasteiger partial charge in [0.05, 0.1) is 0 Å². The summed E-state index contributed by atoms with van der Waals surface area (Å²) < 4.78 is 5.19. The van der Waals surface area contributed by atoms with Crippen LogP contribution in [0, 0.1) is 0 Å². The van der Waals surface area contributed by atoms with Crippen LogP contribution in [0.15, 0.2) is 42.5 Å². The molecular weight excluding hydrogens is 283 g/mol. The Hall–Kier alpha value is -1.73. The van der Waals surface area contributed by atoms with Gasteiger partial charge in [-0.3, -0.25) is 0 Å². The molecule has 0 saturated heterocycles. The molecule has 0 N–H and O–H groups in total. The molecule has 3 heteroatoms. The number of hydrogen-bond donors (Lipinski definition) is 0. The summed E-state index contributed by atoms with van der Waals surface area (Å²) in [6, 6.07) is 13.3. The van der Waals surface area contributed by atoms with Crippen LogP contribution < -0.4 is 4.74 Å². The van der Waals surface area contributed by atoms with E-state index in [-0.39, 0.29) is 5.78 Å². The molecule has 0 saturated carbocycles. The van der Waals surface area contributed by atoms with Crippen molar-refractivity contribution in [1.82, 2.24) is 0 Å². The first-order valence-electron chi connectivity index (χ1n) is 5.85. The molecule has 0 radical (unpaired) electrons. The summed E-state index contributed by atoms with van der Waals surface area (Å²) >= 11 is 4.74. The van der Waals surface area contributed by atoms with Gasteiger partial charge < -0.3 is 0 Å². The number of ketones is 1. The van der Waals surface area contributed by atoms with Crippen molar-refractivity contribution in [3.8, 4) is 16.9 Å². The maximum absolute atomic E-state index is 11.3. The summed E-state index contributed by atoms with van der Waals surface area (Å²) in [6.45, 7) is 1.56. The fourth-order valence-corrected chi connectivity index (χ4v) is 2.13. The number of benzene rings is 2.